The standard InChI is InChI=1S/C23H22O2/c24-22(20-7-3-1-4-8-20)15-13-18-11-12-19(17-18)14-16-23(25)21-9-5-2-6-10-21/h1-10,13-16,18-19H,11-12,17H2/b15-13+,16-14+/t18-,19+. The predicted octanol–water partition coefficient (Wildman–Crippen LogP) is 5.28. The first-order chi connectivity index (χ1) is 12.2. The van der Waals surface area contributed by atoms with E-state index in [1.54, 1.807) is 12.2 Å². The highest BCUT2D eigenvalue weighted by molar-refractivity contribution is 6.04. The minimum atomic E-state index is 0.0545. The summed E-state index contributed by atoms with van der Waals surface area (Å²) in [5.41, 5.74) is 1.45. The van der Waals surface area contributed by atoms with Crippen LogP contribution in [0.4, 0.5) is 0 Å². The lowest BCUT2D eigenvalue weighted by Crippen LogP contribution is -1.97. The highest BCUT2D eigenvalue weighted by Crippen LogP contribution is 2.32. The molecule has 25 heavy (non-hydrogen) atoms. The molecule has 2 heteroatoms. The minimum Gasteiger partial charge on any atom is -0.289 e. The van der Waals surface area contributed by atoms with Gasteiger partial charge in [-0.3, -0.25) is 9.59 Å². The second kappa shape index (κ2) is 8.39. The van der Waals surface area contributed by atoms with Crippen LogP contribution in [-0.2, 0) is 0 Å². The summed E-state index contributed by atoms with van der Waals surface area (Å²) in [6.45, 7) is 0. The molecule has 0 amide bonds. The summed E-state index contributed by atoms with van der Waals surface area (Å²) in [6, 6.07) is 18.7. The fraction of sp³-hybridized carbons (Fsp3) is 0.217. The van der Waals surface area contributed by atoms with E-state index in [0.717, 1.165) is 30.4 Å². The highest BCUT2D eigenvalue weighted by atomic mass is 16.1. The molecule has 1 saturated carbocycles. The van der Waals surface area contributed by atoms with Crippen molar-refractivity contribution < 1.29 is 9.59 Å². The maximum atomic E-state index is 12.1. The average molecular weight is 330 g/mol. The predicted molar refractivity (Wildman–Crippen MR) is 101 cm³/mol. The fourth-order valence-corrected chi connectivity index (χ4v) is 3.25. The number of rotatable bonds is 6. The van der Waals surface area contributed by atoms with Crippen LogP contribution in [0.15, 0.2) is 85.0 Å². The highest BCUT2D eigenvalue weighted by Gasteiger charge is 2.21. The van der Waals surface area contributed by atoms with Crippen LogP contribution in [0.25, 0.3) is 0 Å². The maximum Gasteiger partial charge on any atom is 0.185 e. The smallest absolute Gasteiger partial charge is 0.185 e. The van der Waals surface area contributed by atoms with E-state index >= 15 is 0 Å². The van der Waals surface area contributed by atoms with Gasteiger partial charge in [-0.15, -0.1) is 0 Å². The van der Waals surface area contributed by atoms with Crippen molar-refractivity contribution in [1.29, 1.82) is 0 Å². The van der Waals surface area contributed by atoms with Gasteiger partial charge in [0, 0.05) is 11.1 Å². The molecule has 0 saturated heterocycles. The number of hydrogen-bond donors (Lipinski definition) is 0. The van der Waals surface area contributed by atoms with Gasteiger partial charge in [-0.25, -0.2) is 0 Å². The molecule has 1 fully saturated rings. The molecule has 3 rings (SSSR count). The molecule has 0 spiro atoms. The second-order valence-electron chi connectivity index (χ2n) is 6.51. The monoisotopic (exact) mass is 330 g/mol. The zero-order valence-electron chi connectivity index (χ0n) is 14.2. The molecule has 2 aromatic rings. The number of ketones is 2. The third-order valence-electron chi connectivity index (χ3n) is 4.67. The van der Waals surface area contributed by atoms with E-state index in [1.807, 2.05) is 72.8 Å². The van der Waals surface area contributed by atoms with E-state index in [2.05, 4.69) is 0 Å². The Kier molecular flexibility index (Phi) is 5.73. The Morgan fingerprint density at radius 2 is 1.08 bits per heavy atom. The lowest BCUT2D eigenvalue weighted by atomic mass is 10.0. The van der Waals surface area contributed by atoms with Gasteiger partial charge in [0.15, 0.2) is 11.6 Å². The Morgan fingerprint density at radius 3 is 1.48 bits per heavy atom. The summed E-state index contributed by atoms with van der Waals surface area (Å²) in [5, 5.41) is 0. The molecule has 2 nitrogen and oxygen atoms in total. The van der Waals surface area contributed by atoms with Gasteiger partial charge in [0.25, 0.3) is 0 Å². The summed E-state index contributed by atoms with van der Waals surface area (Å²) in [6.07, 6.45) is 10.6. The molecule has 126 valence electrons. The van der Waals surface area contributed by atoms with Gasteiger partial charge in [0.2, 0.25) is 0 Å². The first-order valence-corrected chi connectivity index (χ1v) is 8.77. The van der Waals surface area contributed by atoms with Gasteiger partial charge in [-0.1, -0.05) is 72.8 Å². The van der Waals surface area contributed by atoms with Gasteiger partial charge in [-0.2, -0.15) is 0 Å². The molecular weight excluding hydrogens is 308 g/mol. The van der Waals surface area contributed by atoms with Crippen LogP contribution in [0, 0.1) is 11.8 Å². The van der Waals surface area contributed by atoms with Crippen molar-refractivity contribution in [1.82, 2.24) is 0 Å². The number of benzene rings is 2. The molecule has 0 aromatic heterocycles. The van der Waals surface area contributed by atoms with Gasteiger partial charge in [0.1, 0.15) is 0 Å². The SMILES string of the molecule is O=C(/C=C/[C@@H]1CC[C@H](/C=C/C(=O)c2ccccc2)C1)c1ccccc1. The molecule has 0 bridgehead atoms. The lowest BCUT2D eigenvalue weighted by Gasteiger charge is -2.03. The number of allylic oxidation sites excluding steroid dienone is 4. The fourth-order valence-electron chi connectivity index (χ4n) is 3.25. The molecule has 2 aromatic carbocycles. The molecule has 0 N–H and O–H groups in total. The zero-order valence-corrected chi connectivity index (χ0v) is 14.2. The van der Waals surface area contributed by atoms with Crippen molar-refractivity contribution in [2.24, 2.45) is 11.8 Å². The molecule has 0 heterocycles. The van der Waals surface area contributed by atoms with Crippen molar-refractivity contribution >= 4 is 11.6 Å². The molecule has 1 aliphatic rings. The van der Waals surface area contributed by atoms with Gasteiger partial charge >= 0.3 is 0 Å². The summed E-state index contributed by atoms with van der Waals surface area (Å²) < 4.78 is 0. The lowest BCUT2D eigenvalue weighted by molar-refractivity contribution is 0.103. The Bertz CT molecular complexity index is 705. The largest absolute Gasteiger partial charge is 0.289 e. The number of carbonyl (C=O) groups is 2. The molecule has 1 aliphatic carbocycles. The zero-order chi connectivity index (χ0) is 17.5. The minimum absolute atomic E-state index is 0.0545. The topological polar surface area (TPSA) is 34.1 Å². The van der Waals surface area contributed by atoms with Crippen LogP contribution in [0.3, 0.4) is 0 Å². The van der Waals surface area contributed by atoms with Crippen LogP contribution in [-0.4, -0.2) is 11.6 Å². The van der Waals surface area contributed by atoms with Crippen molar-refractivity contribution in [3.05, 3.63) is 96.1 Å². The Hall–Kier alpha value is -2.74. The van der Waals surface area contributed by atoms with E-state index in [4.69, 9.17) is 0 Å². The van der Waals surface area contributed by atoms with Crippen LogP contribution >= 0.6 is 0 Å². The summed E-state index contributed by atoms with van der Waals surface area (Å²) in [7, 11) is 0. The average Bonchev–Trinajstić information content (AvgIpc) is 3.13. The van der Waals surface area contributed by atoms with Crippen molar-refractivity contribution in [3.8, 4) is 0 Å². The van der Waals surface area contributed by atoms with Crippen LogP contribution in [0.2, 0.25) is 0 Å². The number of carbonyl (C=O) groups excluding carboxylic acids is 2. The molecule has 0 radical (unpaired) electrons. The van der Waals surface area contributed by atoms with E-state index in [9.17, 15) is 9.59 Å². The Balaban J connectivity index is 1.52. The van der Waals surface area contributed by atoms with Crippen molar-refractivity contribution in [3.63, 3.8) is 0 Å². The van der Waals surface area contributed by atoms with E-state index < -0.39 is 0 Å². The summed E-state index contributed by atoms with van der Waals surface area (Å²) >= 11 is 0. The molecule has 0 unspecified atom stereocenters. The molecular formula is C23H22O2. The normalized spacial score (nSPS) is 20.3. The summed E-state index contributed by atoms with van der Waals surface area (Å²) in [4.78, 5) is 24.2. The van der Waals surface area contributed by atoms with Gasteiger partial charge in [0.05, 0.1) is 0 Å². The van der Waals surface area contributed by atoms with Crippen LogP contribution in [0.1, 0.15) is 40.0 Å². The van der Waals surface area contributed by atoms with Crippen LogP contribution in [0.5, 0.6) is 0 Å². The Labute approximate surface area is 148 Å². The van der Waals surface area contributed by atoms with E-state index in [1.165, 1.54) is 0 Å². The third-order valence-corrected chi connectivity index (χ3v) is 4.67. The quantitative estimate of drug-likeness (QED) is 0.533. The van der Waals surface area contributed by atoms with Crippen LogP contribution < -0.4 is 0 Å². The van der Waals surface area contributed by atoms with Gasteiger partial charge < -0.3 is 0 Å². The van der Waals surface area contributed by atoms with Crippen molar-refractivity contribution in [2.45, 2.75) is 19.3 Å². The first kappa shape index (κ1) is 17.1. The maximum absolute atomic E-state index is 12.1. The molecule has 0 aliphatic heterocycles. The number of hydrogen-bond acceptors (Lipinski definition) is 2. The third kappa shape index (κ3) is 4.87. The van der Waals surface area contributed by atoms with E-state index in [-0.39, 0.29) is 11.6 Å². The van der Waals surface area contributed by atoms with Crippen molar-refractivity contribution in [2.75, 3.05) is 0 Å². The summed E-state index contributed by atoms with van der Waals surface area (Å²) in [5.74, 6) is 0.931. The second-order valence-corrected chi connectivity index (χ2v) is 6.51. The molecule has 2 atom stereocenters. The first-order valence-electron chi connectivity index (χ1n) is 8.77. The van der Waals surface area contributed by atoms with Gasteiger partial charge in [-0.05, 0) is 43.3 Å². The Morgan fingerprint density at radius 1 is 0.680 bits per heavy atom. The van der Waals surface area contributed by atoms with E-state index in [0.29, 0.717) is 11.8 Å².